The number of halogens is 2. The quantitative estimate of drug-likeness (QED) is 0.925. The van der Waals surface area contributed by atoms with Crippen LogP contribution in [0, 0.1) is 5.82 Å². The first kappa shape index (κ1) is 11.9. The van der Waals surface area contributed by atoms with Gasteiger partial charge in [-0.25, -0.2) is 4.39 Å². The van der Waals surface area contributed by atoms with Crippen molar-refractivity contribution < 1.29 is 4.39 Å². The van der Waals surface area contributed by atoms with Gasteiger partial charge in [0.15, 0.2) is 0 Å². The molecule has 1 heterocycles. The predicted molar refractivity (Wildman–Crippen MR) is 68.3 cm³/mol. The van der Waals surface area contributed by atoms with Gasteiger partial charge in [0, 0.05) is 10.7 Å². The number of aromatic nitrogens is 1. The van der Waals surface area contributed by atoms with Crippen LogP contribution >= 0.6 is 15.9 Å². The van der Waals surface area contributed by atoms with Gasteiger partial charge in [0.25, 0.3) is 5.56 Å². The Balaban J connectivity index is 2.41. The van der Waals surface area contributed by atoms with Crippen molar-refractivity contribution in [2.75, 3.05) is 5.73 Å². The third kappa shape index (κ3) is 2.55. The maximum atomic E-state index is 13.1. The van der Waals surface area contributed by atoms with E-state index in [-0.39, 0.29) is 23.6 Å². The minimum Gasteiger partial charge on any atom is -0.394 e. The molecule has 0 saturated heterocycles. The van der Waals surface area contributed by atoms with E-state index in [1.165, 1.54) is 16.7 Å². The lowest BCUT2D eigenvalue weighted by atomic mass is 10.2. The van der Waals surface area contributed by atoms with Gasteiger partial charge in [0.2, 0.25) is 0 Å². The van der Waals surface area contributed by atoms with Crippen LogP contribution in [0.3, 0.4) is 0 Å². The minimum atomic E-state index is -0.333. The highest BCUT2D eigenvalue weighted by Gasteiger charge is 2.05. The Bertz CT molecular complexity index is 610. The SMILES string of the molecule is Nc1cccn(Cc2cc(F)ccc2Br)c1=O. The molecule has 5 heteroatoms. The van der Waals surface area contributed by atoms with Gasteiger partial charge in [-0.15, -0.1) is 0 Å². The molecule has 3 nitrogen and oxygen atoms in total. The van der Waals surface area contributed by atoms with Crippen molar-refractivity contribution in [1.82, 2.24) is 4.57 Å². The van der Waals surface area contributed by atoms with Crippen LogP contribution in [0.2, 0.25) is 0 Å². The smallest absolute Gasteiger partial charge is 0.273 e. The first-order valence-corrected chi connectivity index (χ1v) is 5.76. The molecule has 17 heavy (non-hydrogen) atoms. The fraction of sp³-hybridized carbons (Fsp3) is 0.0833. The Morgan fingerprint density at radius 3 is 2.88 bits per heavy atom. The van der Waals surface area contributed by atoms with Crippen LogP contribution in [0.5, 0.6) is 0 Å². The maximum Gasteiger partial charge on any atom is 0.273 e. The molecule has 1 aromatic carbocycles. The largest absolute Gasteiger partial charge is 0.394 e. The molecule has 0 aliphatic rings. The molecule has 0 unspecified atom stereocenters. The van der Waals surface area contributed by atoms with E-state index < -0.39 is 0 Å². The number of nitrogens with two attached hydrogens (primary N) is 1. The molecule has 0 atom stereocenters. The Morgan fingerprint density at radius 2 is 2.12 bits per heavy atom. The second-order valence-corrected chi connectivity index (χ2v) is 4.49. The van der Waals surface area contributed by atoms with Crippen LogP contribution < -0.4 is 11.3 Å². The van der Waals surface area contributed by atoms with Crippen LogP contribution in [-0.4, -0.2) is 4.57 Å². The van der Waals surface area contributed by atoms with E-state index in [2.05, 4.69) is 15.9 Å². The molecule has 0 radical (unpaired) electrons. The first-order valence-electron chi connectivity index (χ1n) is 4.97. The number of hydrogen-bond donors (Lipinski definition) is 1. The summed E-state index contributed by atoms with van der Waals surface area (Å²) in [5.41, 5.74) is 6.12. The maximum absolute atomic E-state index is 13.1. The molecule has 0 spiro atoms. The summed E-state index contributed by atoms with van der Waals surface area (Å²) in [6.07, 6.45) is 1.62. The fourth-order valence-corrected chi connectivity index (χ4v) is 1.90. The summed E-state index contributed by atoms with van der Waals surface area (Å²) in [5.74, 6) is -0.333. The van der Waals surface area contributed by atoms with Crippen molar-refractivity contribution >= 4 is 21.6 Å². The highest BCUT2D eigenvalue weighted by Crippen LogP contribution is 2.18. The third-order valence-corrected chi connectivity index (χ3v) is 3.17. The van der Waals surface area contributed by atoms with Crippen molar-refractivity contribution in [2.24, 2.45) is 0 Å². The summed E-state index contributed by atoms with van der Waals surface area (Å²) in [6, 6.07) is 7.58. The Morgan fingerprint density at radius 1 is 1.35 bits per heavy atom. The molecule has 1 aromatic heterocycles. The van der Waals surface area contributed by atoms with Gasteiger partial charge in [-0.1, -0.05) is 15.9 Å². The van der Waals surface area contributed by atoms with Gasteiger partial charge in [-0.2, -0.15) is 0 Å². The van der Waals surface area contributed by atoms with E-state index in [0.29, 0.717) is 5.56 Å². The number of benzene rings is 1. The van der Waals surface area contributed by atoms with Gasteiger partial charge in [0.1, 0.15) is 5.82 Å². The normalized spacial score (nSPS) is 10.5. The average Bonchev–Trinajstić information content (AvgIpc) is 2.30. The summed E-state index contributed by atoms with van der Waals surface area (Å²) in [4.78, 5) is 11.7. The summed E-state index contributed by atoms with van der Waals surface area (Å²) in [7, 11) is 0. The molecule has 0 amide bonds. The van der Waals surface area contributed by atoms with E-state index in [4.69, 9.17) is 5.73 Å². The Hall–Kier alpha value is -1.62. The van der Waals surface area contributed by atoms with Crippen molar-refractivity contribution in [3.05, 3.63) is 62.7 Å². The topological polar surface area (TPSA) is 48.0 Å². The van der Waals surface area contributed by atoms with E-state index in [1.807, 2.05) is 0 Å². The zero-order chi connectivity index (χ0) is 12.4. The summed E-state index contributed by atoms with van der Waals surface area (Å²) < 4.78 is 15.3. The molecule has 0 fully saturated rings. The van der Waals surface area contributed by atoms with Gasteiger partial charge < -0.3 is 10.3 Å². The number of pyridine rings is 1. The Kier molecular flexibility index (Phi) is 3.28. The van der Waals surface area contributed by atoms with E-state index in [9.17, 15) is 9.18 Å². The van der Waals surface area contributed by atoms with Gasteiger partial charge in [-0.3, -0.25) is 4.79 Å². The van der Waals surface area contributed by atoms with E-state index >= 15 is 0 Å². The predicted octanol–water partition coefficient (Wildman–Crippen LogP) is 2.38. The molecule has 2 aromatic rings. The van der Waals surface area contributed by atoms with Crippen molar-refractivity contribution in [1.29, 1.82) is 0 Å². The first-order chi connectivity index (χ1) is 8.08. The summed E-state index contributed by atoms with van der Waals surface area (Å²) in [6.45, 7) is 0.280. The summed E-state index contributed by atoms with van der Waals surface area (Å²) >= 11 is 3.32. The minimum absolute atomic E-state index is 0.181. The molecule has 2 rings (SSSR count). The Labute approximate surface area is 106 Å². The second kappa shape index (κ2) is 4.71. The van der Waals surface area contributed by atoms with Crippen LogP contribution in [0.4, 0.5) is 10.1 Å². The second-order valence-electron chi connectivity index (χ2n) is 3.63. The fourth-order valence-electron chi connectivity index (χ4n) is 1.53. The molecule has 0 bridgehead atoms. The van der Waals surface area contributed by atoms with Crippen molar-refractivity contribution in [3.63, 3.8) is 0 Å². The summed E-state index contributed by atoms with van der Waals surface area (Å²) in [5, 5.41) is 0. The standard InChI is InChI=1S/C12H10BrFN2O/c13-10-4-3-9(14)6-8(10)7-16-5-1-2-11(15)12(16)17/h1-6H,7,15H2. The third-order valence-electron chi connectivity index (χ3n) is 2.40. The highest BCUT2D eigenvalue weighted by atomic mass is 79.9. The van der Waals surface area contributed by atoms with Gasteiger partial charge >= 0.3 is 0 Å². The van der Waals surface area contributed by atoms with Crippen LogP contribution in [-0.2, 0) is 6.54 Å². The van der Waals surface area contributed by atoms with Gasteiger partial charge in [0.05, 0.1) is 12.2 Å². The number of anilines is 1. The molecule has 0 aliphatic carbocycles. The van der Waals surface area contributed by atoms with Crippen LogP contribution in [0.15, 0.2) is 45.8 Å². The molecular formula is C12H10BrFN2O. The number of nitrogen functional groups attached to an aromatic ring is 1. The molecule has 0 aliphatic heterocycles. The zero-order valence-electron chi connectivity index (χ0n) is 8.86. The van der Waals surface area contributed by atoms with Gasteiger partial charge in [-0.05, 0) is 35.9 Å². The monoisotopic (exact) mass is 296 g/mol. The van der Waals surface area contributed by atoms with Crippen LogP contribution in [0.25, 0.3) is 0 Å². The molecule has 0 saturated carbocycles. The van der Waals surface area contributed by atoms with E-state index in [1.54, 1.807) is 24.4 Å². The van der Waals surface area contributed by atoms with Crippen molar-refractivity contribution in [3.8, 4) is 0 Å². The molecule has 2 N–H and O–H groups in total. The number of hydrogen-bond acceptors (Lipinski definition) is 2. The van der Waals surface area contributed by atoms with Crippen LogP contribution in [0.1, 0.15) is 5.56 Å². The number of nitrogens with zero attached hydrogens (tertiary/aromatic N) is 1. The van der Waals surface area contributed by atoms with E-state index in [0.717, 1.165) is 4.47 Å². The van der Waals surface area contributed by atoms with Crippen molar-refractivity contribution in [2.45, 2.75) is 6.54 Å². The average molecular weight is 297 g/mol. The molecular weight excluding hydrogens is 287 g/mol. The highest BCUT2D eigenvalue weighted by molar-refractivity contribution is 9.10. The molecule has 88 valence electrons. The lowest BCUT2D eigenvalue weighted by molar-refractivity contribution is 0.622. The number of rotatable bonds is 2. The lowest BCUT2D eigenvalue weighted by Crippen LogP contribution is -2.22. The zero-order valence-corrected chi connectivity index (χ0v) is 10.4. The lowest BCUT2D eigenvalue weighted by Gasteiger charge is -2.08.